The maximum atomic E-state index is 4.48. The third kappa shape index (κ3) is 0.482. The van der Waals surface area contributed by atoms with Crippen molar-refractivity contribution in [2.45, 2.75) is 32.4 Å². The minimum atomic E-state index is 0.288. The molecule has 2 heteroatoms. The Morgan fingerprint density at radius 1 is 1.70 bits per heavy atom. The highest BCUT2D eigenvalue weighted by Gasteiger charge is 2.63. The number of likely N-dealkylation sites (N-methyl/N-ethyl adjacent to an activating group) is 1. The monoisotopic (exact) mass is 138 g/mol. The summed E-state index contributed by atoms with van der Waals surface area (Å²) >= 11 is 0. The molecule has 1 saturated carbocycles. The smallest absolute Gasteiger partial charge is 0.0861 e. The van der Waals surface area contributed by atoms with Crippen LogP contribution in [0.5, 0.6) is 0 Å². The van der Waals surface area contributed by atoms with Gasteiger partial charge in [-0.05, 0) is 13.8 Å². The Bertz CT molecular complexity index is 188. The molecule has 10 heavy (non-hydrogen) atoms. The first-order valence-electron chi connectivity index (χ1n) is 4.01. The predicted molar refractivity (Wildman–Crippen MR) is 42.2 cm³/mol. The fourth-order valence-electron chi connectivity index (χ4n) is 2.05. The Balaban J connectivity index is 2.18. The van der Waals surface area contributed by atoms with Gasteiger partial charge in [0.25, 0.3) is 0 Å². The van der Waals surface area contributed by atoms with Crippen molar-refractivity contribution >= 4 is 6.34 Å². The van der Waals surface area contributed by atoms with Crippen LogP contribution in [0.25, 0.3) is 0 Å². The first kappa shape index (κ1) is 6.20. The molecule has 56 valence electrons. The van der Waals surface area contributed by atoms with Crippen LogP contribution in [0.2, 0.25) is 0 Å². The van der Waals surface area contributed by atoms with Gasteiger partial charge < -0.3 is 4.90 Å². The van der Waals surface area contributed by atoms with E-state index in [0.717, 1.165) is 18.5 Å². The van der Waals surface area contributed by atoms with Crippen molar-refractivity contribution in [1.29, 1.82) is 0 Å². The molecule has 1 heterocycles. The van der Waals surface area contributed by atoms with Crippen molar-refractivity contribution in [3.05, 3.63) is 0 Å². The zero-order valence-electron chi connectivity index (χ0n) is 6.83. The van der Waals surface area contributed by atoms with Crippen LogP contribution in [0, 0.1) is 5.92 Å². The van der Waals surface area contributed by atoms with Gasteiger partial charge in [0.15, 0.2) is 0 Å². The van der Waals surface area contributed by atoms with Crippen LogP contribution in [0.15, 0.2) is 4.99 Å². The van der Waals surface area contributed by atoms with Gasteiger partial charge in [0.1, 0.15) is 0 Å². The first-order valence-corrected chi connectivity index (χ1v) is 4.01. The van der Waals surface area contributed by atoms with Gasteiger partial charge in [-0.2, -0.15) is 0 Å². The van der Waals surface area contributed by atoms with E-state index in [1.165, 1.54) is 0 Å². The zero-order chi connectivity index (χ0) is 7.35. The van der Waals surface area contributed by atoms with Gasteiger partial charge in [-0.1, -0.05) is 6.92 Å². The number of rotatable bonds is 1. The van der Waals surface area contributed by atoms with E-state index < -0.39 is 0 Å². The molecule has 0 spiro atoms. The number of hydrogen-bond acceptors (Lipinski definition) is 2. The van der Waals surface area contributed by atoms with Crippen LogP contribution in [0.4, 0.5) is 0 Å². The van der Waals surface area contributed by atoms with Crippen molar-refractivity contribution in [3.8, 4) is 0 Å². The average molecular weight is 138 g/mol. The fourth-order valence-corrected chi connectivity index (χ4v) is 2.05. The number of nitrogens with zero attached hydrogens (tertiary/aromatic N) is 2. The maximum absolute atomic E-state index is 4.48. The van der Waals surface area contributed by atoms with E-state index >= 15 is 0 Å². The fraction of sp³-hybridized carbons (Fsp3) is 0.875. The van der Waals surface area contributed by atoms with Crippen LogP contribution < -0.4 is 0 Å². The lowest BCUT2D eigenvalue weighted by atomic mass is 10.3. The second-order valence-corrected chi connectivity index (χ2v) is 3.53. The molecule has 1 fully saturated rings. The minimum Gasteiger partial charge on any atom is -0.357 e. The van der Waals surface area contributed by atoms with Crippen LogP contribution in [0.3, 0.4) is 0 Å². The van der Waals surface area contributed by atoms with Gasteiger partial charge in [0.2, 0.25) is 0 Å². The van der Waals surface area contributed by atoms with E-state index in [0.29, 0.717) is 0 Å². The van der Waals surface area contributed by atoms with E-state index in [1.807, 2.05) is 6.34 Å². The summed E-state index contributed by atoms with van der Waals surface area (Å²) in [5, 5.41) is 0. The second kappa shape index (κ2) is 1.55. The molecule has 2 nitrogen and oxygen atoms in total. The summed E-state index contributed by atoms with van der Waals surface area (Å²) in [7, 11) is 0. The van der Waals surface area contributed by atoms with E-state index in [2.05, 4.69) is 30.7 Å². The Morgan fingerprint density at radius 2 is 2.40 bits per heavy atom. The number of hydrogen-bond donors (Lipinski definition) is 0. The van der Waals surface area contributed by atoms with Crippen LogP contribution in [-0.4, -0.2) is 29.4 Å². The molecule has 0 N–H and O–H groups in total. The molecule has 0 amide bonds. The molecule has 1 aliphatic heterocycles. The topological polar surface area (TPSA) is 15.6 Å². The van der Waals surface area contributed by atoms with Crippen molar-refractivity contribution in [2.75, 3.05) is 6.54 Å². The van der Waals surface area contributed by atoms with Gasteiger partial charge in [-0.25, -0.2) is 0 Å². The average Bonchev–Trinajstić information content (AvgIpc) is 2.37. The van der Waals surface area contributed by atoms with E-state index in [4.69, 9.17) is 0 Å². The van der Waals surface area contributed by atoms with E-state index in [9.17, 15) is 0 Å². The molecular formula is C8H14N2. The largest absolute Gasteiger partial charge is 0.357 e. The Morgan fingerprint density at radius 3 is 2.70 bits per heavy atom. The number of aliphatic imine (C=N–C) groups is 1. The van der Waals surface area contributed by atoms with Crippen LogP contribution in [0.1, 0.15) is 20.8 Å². The lowest BCUT2D eigenvalue weighted by molar-refractivity contribution is 0.430. The number of fused-ring (bicyclic) bond motifs is 1. The summed E-state index contributed by atoms with van der Waals surface area (Å²) in [6.45, 7) is 7.81. The molecule has 0 bridgehead atoms. The van der Waals surface area contributed by atoms with Gasteiger partial charge in [-0.15, -0.1) is 0 Å². The van der Waals surface area contributed by atoms with Gasteiger partial charge >= 0.3 is 0 Å². The third-order valence-electron chi connectivity index (χ3n) is 3.09. The molecular weight excluding hydrogens is 124 g/mol. The lowest BCUT2D eigenvalue weighted by Gasteiger charge is -2.12. The molecule has 3 atom stereocenters. The highest BCUT2D eigenvalue weighted by atomic mass is 15.3. The molecule has 2 unspecified atom stereocenters. The molecule has 0 radical (unpaired) electrons. The highest BCUT2D eigenvalue weighted by molar-refractivity contribution is 5.64. The molecule has 0 aromatic carbocycles. The summed E-state index contributed by atoms with van der Waals surface area (Å²) in [4.78, 5) is 6.81. The summed E-state index contributed by atoms with van der Waals surface area (Å²) < 4.78 is 0. The second-order valence-electron chi connectivity index (χ2n) is 3.53. The molecule has 2 aliphatic rings. The predicted octanol–water partition coefficient (Wildman–Crippen LogP) is 1.13. The quantitative estimate of drug-likeness (QED) is 0.530. The van der Waals surface area contributed by atoms with Gasteiger partial charge in [0, 0.05) is 12.5 Å². The van der Waals surface area contributed by atoms with Gasteiger partial charge in [0.05, 0.1) is 17.9 Å². The molecule has 0 aromatic heterocycles. The van der Waals surface area contributed by atoms with Crippen molar-refractivity contribution in [1.82, 2.24) is 4.90 Å². The Labute approximate surface area is 61.9 Å². The highest BCUT2D eigenvalue weighted by Crippen LogP contribution is 2.52. The summed E-state index contributed by atoms with van der Waals surface area (Å²) in [5.74, 6) is 0.775. The molecule has 1 aliphatic carbocycles. The Hall–Kier alpha value is -0.530. The first-order chi connectivity index (χ1) is 4.70. The Kier molecular flexibility index (Phi) is 0.960. The maximum Gasteiger partial charge on any atom is 0.0861 e. The summed E-state index contributed by atoms with van der Waals surface area (Å²) in [6.07, 6.45) is 2.00. The SMILES string of the molecule is CCN1C=NC2(C)C(C)[C@@H]12. The standard InChI is InChI=1S/C8H14N2/c1-4-10-5-9-8(3)6(2)7(8)10/h5-7H,4H2,1-3H3/t6?,7-,8?/m1/s1. The van der Waals surface area contributed by atoms with Crippen molar-refractivity contribution in [2.24, 2.45) is 10.9 Å². The van der Waals surface area contributed by atoms with Crippen LogP contribution >= 0.6 is 0 Å². The van der Waals surface area contributed by atoms with Crippen LogP contribution in [-0.2, 0) is 0 Å². The minimum absolute atomic E-state index is 0.288. The molecule has 0 aromatic rings. The lowest BCUT2D eigenvalue weighted by Crippen LogP contribution is -2.23. The molecule has 2 rings (SSSR count). The normalized spacial score (nSPS) is 49.7. The summed E-state index contributed by atoms with van der Waals surface area (Å²) in [5.41, 5.74) is 0.288. The molecule has 0 saturated heterocycles. The van der Waals surface area contributed by atoms with E-state index in [-0.39, 0.29) is 5.54 Å². The van der Waals surface area contributed by atoms with Crippen molar-refractivity contribution < 1.29 is 0 Å². The summed E-state index contributed by atoms with van der Waals surface area (Å²) in [6, 6.07) is 0.720. The van der Waals surface area contributed by atoms with Gasteiger partial charge in [-0.3, -0.25) is 4.99 Å². The van der Waals surface area contributed by atoms with Crippen molar-refractivity contribution in [3.63, 3.8) is 0 Å². The third-order valence-corrected chi connectivity index (χ3v) is 3.09. The van der Waals surface area contributed by atoms with E-state index in [1.54, 1.807) is 0 Å². The zero-order valence-corrected chi connectivity index (χ0v) is 6.83.